The summed E-state index contributed by atoms with van der Waals surface area (Å²) in [5.74, 6) is -0.197. The smallest absolute Gasteiger partial charge is 0.307 e. The van der Waals surface area contributed by atoms with E-state index in [2.05, 4.69) is 16.0 Å². The van der Waals surface area contributed by atoms with Crippen molar-refractivity contribution in [3.63, 3.8) is 0 Å². The van der Waals surface area contributed by atoms with Gasteiger partial charge in [-0.1, -0.05) is 12.2 Å². The zero-order chi connectivity index (χ0) is 17.0. The molecule has 2 heterocycles. The molecule has 0 saturated carbocycles. The van der Waals surface area contributed by atoms with Gasteiger partial charge in [-0.05, 0) is 32.1 Å². The molecule has 0 saturated heterocycles. The van der Waals surface area contributed by atoms with Gasteiger partial charge in [0.05, 0.1) is 31.0 Å². The van der Waals surface area contributed by atoms with Crippen LogP contribution in [0.2, 0.25) is 0 Å². The number of hydrogen-bond donors (Lipinski definition) is 0. The number of hydrogen-bond acceptors (Lipinski definition) is 6. The molecule has 0 radical (unpaired) electrons. The first-order valence-corrected chi connectivity index (χ1v) is 8.41. The molecule has 0 aromatic carbocycles. The van der Waals surface area contributed by atoms with Crippen molar-refractivity contribution >= 4 is 17.9 Å². The maximum atomic E-state index is 11.8. The second-order valence-electron chi connectivity index (χ2n) is 5.72. The Morgan fingerprint density at radius 3 is 3.00 bits per heavy atom. The molecule has 0 amide bonds. The number of esters is 1. The standard InChI is InChI=1S/C18H23N3O3/c1-3-23-13-16-20-15-8-5-7-14-18(15,10-6-11-19-14)21(16)12-9-17(22)24-4-2/h5-8,10-11,16H,3-4,9,12-13H2,1-2H3. The molecule has 0 bridgehead atoms. The van der Waals surface area contributed by atoms with Crippen LogP contribution in [0.3, 0.4) is 0 Å². The molecular weight excluding hydrogens is 306 g/mol. The Hall–Kier alpha value is -2.05. The van der Waals surface area contributed by atoms with Gasteiger partial charge in [0.2, 0.25) is 0 Å². The third kappa shape index (κ3) is 2.87. The van der Waals surface area contributed by atoms with E-state index in [1.807, 2.05) is 38.2 Å². The van der Waals surface area contributed by atoms with Gasteiger partial charge in [-0.15, -0.1) is 0 Å². The number of dihydropyridines is 1. The van der Waals surface area contributed by atoms with Gasteiger partial charge in [-0.25, -0.2) is 0 Å². The minimum Gasteiger partial charge on any atom is -0.466 e. The Labute approximate surface area is 142 Å². The van der Waals surface area contributed by atoms with Crippen molar-refractivity contribution in [1.82, 2.24) is 4.90 Å². The molecule has 2 unspecified atom stereocenters. The molecule has 2 aliphatic heterocycles. The molecule has 128 valence electrons. The Morgan fingerprint density at radius 2 is 2.21 bits per heavy atom. The lowest BCUT2D eigenvalue weighted by molar-refractivity contribution is -0.143. The van der Waals surface area contributed by atoms with Crippen LogP contribution in [0.15, 0.2) is 46.1 Å². The van der Waals surface area contributed by atoms with E-state index in [9.17, 15) is 4.79 Å². The minimum absolute atomic E-state index is 0.140. The van der Waals surface area contributed by atoms with Crippen molar-refractivity contribution in [2.75, 3.05) is 26.4 Å². The molecule has 1 aliphatic carbocycles. The van der Waals surface area contributed by atoms with E-state index in [1.165, 1.54) is 0 Å². The van der Waals surface area contributed by atoms with Gasteiger partial charge in [0, 0.05) is 19.4 Å². The Morgan fingerprint density at radius 1 is 1.33 bits per heavy atom. The van der Waals surface area contributed by atoms with Gasteiger partial charge in [-0.2, -0.15) is 0 Å². The summed E-state index contributed by atoms with van der Waals surface area (Å²) in [5.41, 5.74) is 1.37. The molecule has 0 aromatic rings. The van der Waals surface area contributed by atoms with Crippen LogP contribution in [0.5, 0.6) is 0 Å². The first-order valence-electron chi connectivity index (χ1n) is 8.41. The molecule has 0 aromatic heterocycles. The number of carbonyl (C=O) groups is 1. The predicted molar refractivity (Wildman–Crippen MR) is 93.3 cm³/mol. The summed E-state index contributed by atoms with van der Waals surface area (Å²) in [6, 6.07) is 0. The van der Waals surface area contributed by atoms with Crippen LogP contribution in [0.4, 0.5) is 0 Å². The van der Waals surface area contributed by atoms with Gasteiger partial charge in [0.25, 0.3) is 0 Å². The molecule has 3 aliphatic rings. The highest BCUT2D eigenvalue weighted by atomic mass is 16.5. The molecule has 2 atom stereocenters. The lowest BCUT2D eigenvalue weighted by atomic mass is 9.83. The number of carbonyl (C=O) groups excluding carboxylic acids is 1. The highest BCUT2D eigenvalue weighted by Crippen LogP contribution is 2.40. The van der Waals surface area contributed by atoms with E-state index in [0.29, 0.717) is 32.8 Å². The fourth-order valence-corrected chi connectivity index (χ4v) is 3.35. The largest absolute Gasteiger partial charge is 0.466 e. The van der Waals surface area contributed by atoms with Crippen LogP contribution < -0.4 is 0 Å². The summed E-state index contributed by atoms with van der Waals surface area (Å²) in [7, 11) is 0. The molecule has 24 heavy (non-hydrogen) atoms. The maximum Gasteiger partial charge on any atom is 0.307 e. The van der Waals surface area contributed by atoms with E-state index < -0.39 is 5.54 Å². The van der Waals surface area contributed by atoms with Gasteiger partial charge in [0.15, 0.2) is 0 Å². The summed E-state index contributed by atoms with van der Waals surface area (Å²) >= 11 is 0. The van der Waals surface area contributed by atoms with E-state index >= 15 is 0 Å². The summed E-state index contributed by atoms with van der Waals surface area (Å²) < 4.78 is 10.7. The topological polar surface area (TPSA) is 63.5 Å². The van der Waals surface area contributed by atoms with Crippen LogP contribution in [-0.4, -0.2) is 60.9 Å². The van der Waals surface area contributed by atoms with Crippen molar-refractivity contribution in [1.29, 1.82) is 0 Å². The quantitative estimate of drug-likeness (QED) is 0.669. The lowest BCUT2D eigenvalue weighted by Gasteiger charge is -2.41. The second kappa shape index (κ2) is 7.23. The van der Waals surface area contributed by atoms with Gasteiger partial charge < -0.3 is 9.47 Å². The summed E-state index contributed by atoms with van der Waals surface area (Å²) in [5, 5.41) is 0. The van der Waals surface area contributed by atoms with Crippen molar-refractivity contribution in [3.8, 4) is 0 Å². The van der Waals surface area contributed by atoms with E-state index in [-0.39, 0.29) is 12.1 Å². The fraction of sp³-hybridized carbons (Fsp3) is 0.500. The molecule has 3 rings (SSSR count). The third-order valence-corrected chi connectivity index (χ3v) is 4.36. The van der Waals surface area contributed by atoms with Crippen LogP contribution in [-0.2, 0) is 14.3 Å². The lowest BCUT2D eigenvalue weighted by Crippen LogP contribution is -2.55. The number of nitrogens with zero attached hydrogens (tertiary/aromatic N) is 3. The van der Waals surface area contributed by atoms with E-state index in [4.69, 9.17) is 14.5 Å². The van der Waals surface area contributed by atoms with Gasteiger partial charge in [0.1, 0.15) is 11.7 Å². The SMILES string of the molecule is CCOCC1N=C2C=CC=C3N=CC=CC32N1CCC(=O)OCC. The molecular formula is C18H23N3O3. The number of rotatable bonds is 7. The van der Waals surface area contributed by atoms with Crippen molar-refractivity contribution in [2.45, 2.75) is 32.0 Å². The van der Waals surface area contributed by atoms with Gasteiger partial charge in [-0.3, -0.25) is 19.7 Å². The van der Waals surface area contributed by atoms with Crippen molar-refractivity contribution in [3.05, 3.63) is 36.1 Å². The van der Waals surface area contributed by atoms with Crippen LogP contribution >= 0.6 is 0 Å². The third-order valence-electron chi connectivity index (χ3n) is 4.36. The fourth-order valence-electron chi connectivity index (χ4n) is 3.35. The Balaban J connectivity index is 1.87. The Bertz CT molecular complexity index is 648. The molecule has 0 fully saturated rings. The van der Waals surface area contributed by atoms with Crippen LogP contribution in [0.25, 0.3) is 0 Å². The second-order valence-corrected chi connectivity index (χ2v) is 5.72. The van der Waals surface area contributed by atoms with Crippen molar-refractivity contribution < 1.29 is 14.3 Å². The average molecular weight is 329 g/mol. The first-order chi connectivity index (χ1) is 11.7. The Kier molecular flexibility index (Phi) is 5.06. The van der Waals surface area contributed by atoms with E-state index in [0.717, 1.165) is 11.4 Å². The minimum atomic E-state index is -0.502. The average Bonchev–Trinajstić information content (AvgIpc) is 2.90. The van der Waals surface area contributed by atoms with Crippen LogP contribution in [0.1, 0.15) is 20.3 Å². The monoisotopic (exact) mass is 329 g/mol. The highest BCUT2D eigenvalue weighted by Gasteiger charge is 2.51. The van der Waals surface area contributed by atoms with Crippen molar-refractivity contribution in [2.24, 2.45) is 9.98 Å². The zero-order valence-corrected chi connectivity index (χ0v) is 14.1. The van der Waals surface area contributed by atoms with Gasteiger partial charge >= 0.3 is 5.97 Å². The maximum absolute atomic E-state index is 11.8. The summed E-state index contributed by atoms with van der Waals surface area (Å²) in [4.78, 5) is 23.4. The van der Waals surface area contributed by atoms with E-state index in [1.54, 1.807) is 6.21 Å². The number of aliphatic imine (C=N–C) groups is 2. The molecule has 0 N–H and O–H groups in total. The predicted octanol–water partition coefficient (Wildman–Crippen LogP) is 1.89. The number of allylic oxidation sites excluding steroid dienone is 3. The summed E-state index contributed by atoms with van der Waals surface area (Å²) in [6.07, 6.45) is 12.0. The molecule has 6 nitrogen and oxygen atoms in total. The molecule has 6 heteroatoms. The highest BCUT2D eigenvalue weighted by molar-refractivity contribution is 6.10. The first kappa shape index (κ1) is 16.8. The molecule has 1 spiro atoms. The normalized spacial score (nSPS) is 27.5. The number of ether oxygens (including phenoxy) is 2. The summed E-state index contributed by atoms with van der Waals surface area (Å²) in [6.45, 7) is 5.83. The van der Waals surface area contributed by atoms with Crippen LogP contribution in [0, 0.1) is 0 Å². The zero-order valence-electron chi connectivity index (χ0n) is 14.1.